The molecule has 0 aliphatic heterocycles. The first kappa shape index (κ1) is 23.8. The number of ether oxygens (including phenoxy) is 1. The van der Waals surface area contributed by atoms with E-state index >= 15 is 0 Å². The predicted octanol–water partition coefficient (Wildman–Crippen LogP) is 6.21. The lowest BCUT2D eigenvalue weighted by atomic mass is 9.72. The molecule has 1 aliphatic rings. The fourth-order valence-corrected chi connectivity index (χ4v) is 5.91. The highest BCUT2D eigenvalue weighted by Crippen LogP contribution is 2.44. The largest absolute Gasteiger partial charge is 0.494 e. The van der Waals surface area contributed by atoms with E-state index in [-0.39, 0.29) is 26.1 Å². The lowest BCUT2D eigenvalue weighted by molar-refractivity contribution is 0.0977. The Morgan fingerprint density at radius 2 is 1.97 bits per heavy atom. The second-order valence-electron chi connectivity index (χ2n) is 8.51. The van der Waals surface area contributed by atoms with Crippen molar-refractivity contribution >= 4 is 62.8 Å². The van der Waals surface area contributed by atoms with Gasteiger partial charge in [0.15, 0.2) is 10.9 Å². The van der Waals surface area contributed by atoms with Crippen LogP contribution in [0, 0.1) is 22.7 Å². The van der Waals surface area contributed by atoms with Crippen LogP contribution in [0.25, 0.3) is 0 Å². The summed E-state index contributed by atoms with van der Waals surface area (Å²) in [4.78, 5) is 13.8. The highest BCUT2D eigenvalue weighted by molar-refractivity contribution is 7.80. The van der Waals surface area contributed by atoms with Gasteiger partial charge in [-0.15, -0.1) is 11.3 Å². The smallest absolute Gasteiger partial charge is 0.257 e. The molecule has 0 saturated heterocycles. The zero-order chi connectivity index (χ0) is 22.9. The highest BCUT2D eigenvalue weighted by Gasteiger charge is 2.32. The minimum Gasteiger partial charge on any atom is -0.494 e. The van der Waals surface area contributed by atoms with E-state index in [4.69, 9.17) is 40.2 Å². The maximum atomic E-state index is 12.6. The monoisotopic (exact) mass is 495 g/mol. The molecule has 0 fully saturated rings. The molecule has 2 aromatic rings. The van der Waals surface area contributed by atoms with Gasteiger partial charge in [-0.05, 0) is 60.5 Å². The molecule has 0 radical (unpaired) electrons. The second kappa shape index (κ2) is 9.33. The van der Waals surface area contributed by atoms with Crippen LogP contribution in [0.15, 0.2) is 12.1 Å². The summed E-state index contributed by atoms with van der Waals surface area (Å²) < 4.78 is 5.10. The van der Waals surface area contributed by atoms with Crippen molar-refractivity contribution in [2.24, 2.45) is 11.3 Å². The summed E-state index contributed by atoms with van der Waals surface area (Å²) in [5.41, 5.74) is 2.17. The normalized spacial score (nSPS) is 15.6. The van der Waals surface area contributed by atoms with Gasteiger partial charge in [-0.3, -0.25) is 10.1 Å². The minimum atomic E-state index is -0.462. The van der Waals surface area contributed by atoms with Crippen LogP contribution < -0.4 is 15.4 Å². The number of fused-ring (bicyclic) bond motifs is 1. The fourth-order valence-electron chi connectivity index (χ4n) is 3.73. The molecular weight excluding hydrogens is 473 g/mol. The quantitative estimate of drug-likeness (QED) is 0.494. The first-order valence-corrected chi connectivity index (χ1v) is 11.7. The first-order chi connectivity index (χ1) is 14.5. The third-order valence-electron chi connectivity index (χ3n) is 5.52. The summed E-state index contributed by atoms with van der Waals surface area (Å²) in [5.74, 6) is 0.405. The van der Waals surface area contributed by atoms with Gasteiger partial charge in [0.05, 0.1) is 22.7 Å². The van der Waals surface area contributed by atoms with Crippen molar-refractivity contribution in [2.75, 3.05) is 12.4 Å². The van der Waals surface area contributed by atoms with Crippen LogP contribution in [0.2, 0.25) is 10.0 Å². The Kier molecular flexibility index (Phi) is 7.17. The van der Waals surface area contributed by atoms with Crippen molar-refractivity contribution in [3.63, 3.8) is 0 Å². The number of nitriles is 1. The van der Waals surface area contributed by atoms with Crippen LogP contribution in [0.3, 0.4) is 0 Å². The number of nitrogens with one attached hydrogen (secondary N) is 2. The van der Waals surface area contributed by atoms with Crippen LogP contribution in [0.4, 0.5) is 5.00 Å². The lowest BCUT2D eigenvalue weighted by Gasteiger charge is -2.33. The van der Waals surface area contributed by atoms with Crippen LogP contribution >= 0.6 is 46.8 Å². The topological polar surface area (TPSA) is 74.2 Å². The number of hydrogen-bond donors (Lipinski definition) is 2. The summed E-state index contributed by atoms with van der Waals surface area (Å²) in [7, 11) is 1.45. The molecule has 0 spiro atoms. The number of thiocarbonyl (C=S) groups is 1. The number of carbonyl (C=O) groups excluding carboxylic acids is 1. The zero-order valence-corrected chi connectivity index (χ0v) is 20.8. The lowest BCUT2D eigenvalue weighted by Crippen LogP contribution is -2.34. The molecule has 0 saturated carbocycles. The average molecular weight is 496 g/mol. The number of hydrogen-bond acceptors (Lipinski definition) is 5. The highest BCUT2D eigenvalue weighted by atomic mass is 35.5. The van der Waals surface area contributed by atoms with Crippen molar-refractivity contribution in [1.29, 1.82) is 5.26 Å². The van der Waals surface area contributed by atoms with Crippen molar-refractivity contribution in [3.05, 3.63) is 43.7 Å². The fraction of sp³-hybridized carbons (Fsp3) is 0.409. The van der Waals surface area contributed by atoms with Gasteiger partial charge in [-0.25, -0.2) is 0 Å². The number of amides is 1. The SMILES string of the molecule is COc1c(Cl)cc(C(=O)NC(=S)Nc2sc3c(c2C#N)CCC(C(C)(C)C)C3)cc1Cl. The Morgan fingerprint density at radius 1 is 1.32 bits per heavy atom. The van der Waals surface area contributed by atoms with Crippen LogP contribution in [0.5, 0.6) is 5.75 Å². The maximum absolute atomic E-state index is 12.6. The van der Waals surface area contributed by atoms with E-state index in [1.165, 1.54) is 35.5 Å². The number of rotatable bonds is 3. The van der Waals surface area contributed by atoms with E-state index < -0.39 is 5.91 Å². The number of benzene rings is 1. The van der Waals surface area contributed by atoms with E-state index in [0.29, 0.717) is 22.2 Å². The van der Waals surface area contributed by atoms with Crippen molar-refractivity contribution in [3.8, 4) is 11.8 Å². The average Bonchev–Trinajstić information content (AvgIpc) is 3.02. The predicted molar refractivity (Wildman–Crippen MR) is 131 cm³/mol. The van der Waals surface area contributed by atoms with Gasteiger partial charge in [0, 0.05) is 10.4 Å². The van der Waals surface area contributed by atoms with Crippen molar-refractivity contribution < 1.29 is 9.53 Å². The molecule has 1 unspecified atom stereocenters. The molecule has 1 amide bonds. The number of nitrogens with zero attached hydrogens (tertiary/aromatic N) is 1. The standard InChI is InChI=1S/C22H23Cl2N3O2S2/c1-22(2,3)12-5-6-13-14(10-25)20(31-17(13)9-12)27-21(30)26-19(28)11-7-15(23)18(29-4)16(24)8-11/h7-8,12H,5-6,9H2,1-4H3,(H2,26,27,28,30). The second-order valence-corrected chi connectivity index (χ2v) is 10.8. The molecule has 9 heteroatoms. The van der Waals surface area contributed by atoms with Gasteiger partial charge in [0.1, 0.15) is 11.1 Å². The Balaban J connectivity index is 1.75. The van der Waals surface area contributed by atoms with E-state index in [1.807, 2.05) is 0 Å². The third kappa shape index (κ3) is 5.15. The van der Waals surface area contributed by atoms with E-state index in [1.54, 1.807) is 0 Å². The number of anilines is 1. The Hall–Kier alpha value is -1.85. The molecule has 31 heavy (non-hydrogen) atoms. The molecule has 1 aromatic carbocycles. The molecule has 1 aromatic heterocycles. The molecule has 0 bridgehead atoms. The van der Waals surface area contributed by atoms with E-state index in [2.05, 4.69) is 37.5 Å². The van der Waals surface area contributed by atoms with Gasteiger partial charge in [0.2, 0.25) is 0 Å². The van der Waals surface area contributed by atoms with Gasteiger partial charge < -0.3 is 10.1 Å². The number of carbonyl (C=O) groups is 1. The van der Waals surface area contributed by atoms with Crippen molar-refractivity contribution in [1.82, 2.24) is 5.32 Å². The van der Waals surface area contributed by atoms with Gasteiger partial charge >= 0.3 is 0 Å². The summed E-state index contributed by atoms with van der Waals surface area (Å²) in [6, 6.07) is 5.22. The third-order valence-corrected chi connectivity index (χ3v) is 7.46. The van der Waals surface area contributed by atoms with Crippen molar-refractivity contribution in [2.45, 2.75) is 40.0 Å². The van der Waals surface area contributed by atoms with E-state index in [0.717, 1.165) is 24.8 Å². The number of thiophene rings is 1. The zero-order valence-electron chi connectivity index (χ0n) is 17.7. The molecule has 2 N–H and O–H groups in total. The molecular formula is C22H23Cl2N3O2S2. The number of methoxy groups -OCH3 is 1. The maximum Gasteiger partial charge on any atom is 0.257 e. The van der Waals surface area contributed by atoms with Crippen LogP contribution in [0.1, 0.15) is 53.6 Å². The summed E-state index contributed by atoms with van der Waals surface area (Å²) in [5, 5.41) is 16.6. The van der Waals surface area contributed by atoms with Gasteiger partial charge in [0.25, 0.3) is 5.91 Å². The van der Waals surface area contributed by atoms with E-state index in [9.17, 15) is 10.1 Å². The van der Waals surface area contributed by atoms with Crippen LogP contribution in [-0.4, -0.2) is 18.1 Å². The minimum absolute atomic E-state index is 0.107. The molecule has 1 atom stereocenters. The molecule has 5 nitrogen and oxygen atoms in total. The molecule has 3 rings (SSSR count). The summed E-state index contributed by atoms with van der Waals surface area (Å²) in [6.45, 7) is 6.76. The van der Waals surface area contributed by atoms with Gasteiger partial charge in [-0.1, -0.05) is 44.0 Å². The summed E-state index contributed by atoms with van der Waals surface area (Å²) in [6.07, 6.45) is 2.88. The first-order valence-electron chi connectivity index (χ1n) is 9.75. The summed E-state index contributed by atoms with van der Waals surface area (Å²) >= 11 is 19.1. The Labute approximate surface area is 201 Å². The Morgan fingerprint density at radius 3 is 2.52 bits per heavy atom. The molecule has 164 valence electrons. The van der Waals surface area contributed by atoms with Crippen LogP contribution in [-0.2, 0) is 12.8 Å². The molecule has 1 heterocycles. The Bertz CT molecular complexity index is 1060. The van der Waals surface area contributed by atoms with Gasteiger partial charge in [-0.2, -0.15) is 5.26 Å². The molecule has 1 aliphatic carbocycles. The number of halogens is 2.